The van der Waals surface area contributed by atoms with Gasteiger partial charge in [0.2, 0.25) is 0 Å². The molecule has 1 amide bonds. The molecule has 0 radical (unpaired) electrons. The van der Waals surface area contributed by atoms with Gasteiger partial charge in [-0.05, 0) is 46.1 Å². The minimum absolute atomic E-state index is 0.0322. The number of amides is 1. The van der Waals surface area contributed by atoms with Crippen molar-refractivity contribution in [1.82, 2.24) is 9.88 Å². The summed E-state index contributed by atoms with van der Waals surface area (Å²) < 4.78 is 5.55. The maximum absolute atomic E-state index is 12.5. The number of aromatic nitrogens is 1. The monoisotopic (exact) mass is 291 g/mol. The lowest BCUT2D eigenvalue weighted by molar-refractivity contribution is 0.00957. The molecule has 0 saturated carbocycles. The molecule has 0 spiro atoms. The van der Waals surface area contributed by atoms with Crippen LogP contribution in [0.1, 0.15) is 51.6 Å². The maximum atomic E-state index is 12.5. The molecule has 116 valence electrons. The summed E-state index contributed by atoms with van der Waals surface area (Å²) in [4.78, 5) is 18.7. The highest BCUT2D eigenvalue weighted by atomic mass is 16.6. The van der Waals surface area contributed by atoms with Crippen molar-refractivity contribution >= 4 is 11.9 Å². The largest absolute Gasteiger partial charge is 0.444 e. The van der Waals surface area contributed by atoms with Crippen molar-refractivity contribution in [3.63, 3.8) is 0 Å². The zero-order valence-corrected chi connectivity index (χ0v) is 13.3. The lowest BCUT2D eigenvalue weighted by Gasteiger charge is -2.37. The van der Waals surface area contributed by atoms with Crippen molar-refractivity contribution in [2.75, 3.05) is 18.9 Å². The molecular formula is C16H25N3O2. The molecule has 0 bridgehead atoms. The Balaban J connectivity index is 2.25. The highest BCUT2D eigenvalue weighted by Crippen LogP contribution is 2.34. The summed E-state index contributed by atoms with van der Waals surface area (Å²) in [5, 5.41) is 3.11. The third kappa shape index (κ3) is 3.86. The van der Waals surface area contributed by atoms with Gasteiger partial charge >= 0.3 is 6.09 Å². The molecule has 1 atom stereocenters. The molecule has 0 aliphatic carbocycles. The summed E-state index contributed by atoms with van der Waals surface area (Å²) in [6.45, 7) is 6.42. The Labute approximate surface area is 126 Å². The van der Waals surface area contributed by atoms with Crippen LogP contribution < -0.4 is 5.32 Å². The second-order valence-corrected chi connectivity index (χ2v) is 6.38. The summed E-state index contributed by atoms with van der Waals surface area (Å²) in [5.74, 6) is 0.831. The van der Waals surface area contributed by atoms with E-state index in [1.54, 1.807) is 6.20 Å². The number of piperidine rings is 1. The number of nitrogens with one attached hydrogen (secondary N) is 1. The third-order valence-corrected chi connectivity index (χ3v) is 3.57. The van der Waals surface area contributed by atoms with E-state index in [0.717, 1.165) is 37.2 Å². The van der Waals surface area contributed by atoms with Crippen LogP contribution in [0.2, 0.25) is 0 Å². The SMILES string of the molecule is CNc1ncccc1C1CCCCN1C(=O)OC(C)(C)C. The molecule has 1 N–H and O–H groups in total. The van der Waals surface area contributed by atoms with Crippen molar-refractivity contribution in [2.24, 2.45) is 0 Å². The minimum Gasteiger partial charge on any atom is -0.444 e. The lowest BCUT2D eigenvalue weighted by atomic mass is 9.96. The quantitative estimate of drug-likeness (QED) is 0.904. The van der Waals surface area contributed by atoms with Crippen molar-refractivity contribution in [1.29, 1.82) is 0 Å². The van der Waals surface area contributed by atoms with Gasteiger partial charge in [-0.25, -0.2) is 9.78 Å². The second-order valence-electron chi connectivity index (χ2n) is 6.38. The molecule has 1 fully saturated rings. The van der Waals surface area contributed by atoms with E-state index in [1.165, 1.54) is 0 Å². The average Bonchev–Trinajstić information content (AvgIpc) is 2.45. The fourth-order valence-corrected chi connectivity index (χ4v) is 2.69. The molecule has 1 aromatic heterocycles. The van der Waals surface area contributed by atoms with Gasteiger partial charge in [-0.2, -0.15) is 0 Å². The predicted molar refractivity (Wildman–Crippen MR) is 83.3 cm³/mol. The Morgan fingerprint density at radius 2 is 2.19 bits per heavy atom. The van der Waals surface area contributed by atoms with Crippen LogP contribution in [-0.2, 0) is 4.74 Å². The van der Waals surface area contributed by atoms with E-state index in [9.17, 15) is 4.79 Å². The number of carbonyl (C=O) groups is 1. The molecule has 1 saturated heterocycles. The van der Waals surface area contributed by atoms with Crippen LogP contribution in [0.4, 0.5) is 10.6 Å². The van der Waals surface area contributed by atoms with Gasteiger partial charge in [0.25, 0.3) is 0 Å². The van der Waals surface area contributed by atoms with Crippen LogP contribution in [0.25, 0.3) is 0 Å². The molecule has 1 aliphatic rings. The van der Waals surface area contributed by atoms with Gasteiger partial charge in [-0.3, -0.25) is 0 Å². The standard InChI is InChI=1S/C16H25N3O2/c1-16(2,3)21-15(20)19-11-6-5-9-13(19)12-8-7-10-18-14(12)17-4/h7-8,10,13H,5-6,9,11H2,1-4H3,(H,17,18). The Morgan fingerprint density at radius 3 is 2.86 bits per heavy atom. The van der Waals surface area contributed by atoms with E-state index in [2.05, 4.69) is 10.3 Å². The first-order chi connectivity index (χ1) is 9.92. The first-order valence-corrected chi connectivity index (χ1v) is 7.54. The number of ether oxygens (including phenoxy) is 1. The van der Waals surface area contributed by atoms with E-state index < -0.39 is 5.60 Å². The first kappa shape index (κ1) is 15.6. The van der Waals surface area contributed by atoms with Crippen LogP contribution >= 0.6 is 0 Å². The summed E-state index contributed by atoms with van der Waals surface area (Å²) in [5.41, 5.74) is 0.588. The Kier molecular flexibility index (Phi) is 4.70. The minimum atomic E-state index is -0.472. The molecule has 1 aromatic rings. The predicted octanol–water partition coefficient (Wildman–Crippen LogP) is 3.59. The third-order valence-electron chi connectivity index (χ3n) is 3.57. The normalized spacial score (nSPS) is 19.2. The van der Waals surface area contributed by atoms with Crippen LogP contribution in [-0.4, -0.2) is 35.2 Å². The van der Waals surface area contributed by atoms with E-state index in [4.69, 9.17) is 4.74 Å². The van der Waals surface area contributed by atoms with Crippen molar-refractivity contribution in [3.05, 3.63) is 23.9 Å². The molecule has 0 aromatic carbocycles. The highest BCUT2D eigenvalue weighted by molar-refractivity contribution is 5.69. The van der Waals surface area contributed by atoms with Crippen LogP contribution in [0.3, 0.4) is 0 Å². The lowest BCUT2D eigenvalue weighted by Crippen LogP contribution is -2.42. The summed E-state index contributed by atoms with van der Waals surface area (Å²) >= 11 is 0. The first-order valence-electron chi connectivity index (χ1n) is 7.54. The van der Waals surface area contributed by atoms with Crippen molar-refractivity contribution in [2.45, 2.75) is 51.7 Å². The van der Waals surface area contributed by atoms with Crippen molar-refractivity contribution < 1.29 is 9.53 Å². The van der Waals surface area contributed by atoms with Crippen molar-refractivity contribution in [3.8, 4) is 0 Å². The fraction of sp³-hybridized carbons (Fsp3) is 0.625. The molecular weight excluding hydrogens is 266 g/mol. The molecule has 1 unspecified atom stereocenters. The summed E-state index contributed by atoms with van der Waals surface area (Å²) in [7, 11) is 1.85. The zero-order chi connectivity index (χ0) is 15.5. The number of pyridine rings is 1. The van der Waals surface area contributed by atoms with Gasteiger partial charge in [0, 0.05) is 25.4 Å². The van der Waals surface area contributed by atoms with Gasteiger partial charge in [0.15, 0.2) is 0 Å². The Morgan fingerprint density at radius 1 is 1.43 bits per heavy atom. The number of nitrogens with zero attached hydrogens (tertiary/aromatic N) is 2. The molecule has 5 nitrogen and oxygen atoms in total. The summed E-state index contributed by atoms with van der Waals surface area (Å²) in [6.07, 6.45) is 4.60. The number of hydrogen-bond acceptors (Lipinski definition) is 4. The van der Waals surface area contributed by atoms with Gasteiger partial charge in [-0.15, -0.1) is 0 Å². The highest BCUT2D eigenvalue weighted by Gasteiger charge is 2.32. The molecule has 21 heavy (non-hydrogen) atoms. The van der Waals surface area contributed by atoms with E-state index in [0.29, 0.717) is 0 Å². The smallest absolute Gasteiger partial charge is 0.410 e. The molecule has 1 aliphatic heterocycles. The number of carbonyl (C=O) groups excluding carboxylic acids is 1. The van der Waals surface area contributed by atoms with Gasteiger partial charge in [0.05, 0.1) is 6.04 Å². The van der Waals surface area contributed by atoms with Crippen LogP contribution in [0.5, 0.6) is 0 Å². The van der Waals surface area contributed by atoms with E-state index >= 15 is 0 Å². The van der Waals surface area contributed by atoms with Gasteiger partial charge in [0.1, 0.15) is 11.4 Å². The Hall–Kier alpha value is -1.78. The van der Waals surface area contributed by atoms with Gasteiger partial charge in [-0.1, -0.05) is 6.07 Å². The topological polar surface area (TPSA) is 54.5 Å². The van der Waals surface area contributed by atoms with Crippen LogP contribution in [0.15, 0.2) is 18.3 Å². The average molecular weight is 291 g/mol. The summed E-state index contributed by atoms with van der Waals surface area (Å²) in [6, 6.07) is 3.98. The molecule has 2 rings (SSSR count). The number of likely N-dealkylation sites (tertiary alicyclic amines) is 1. The van der Waals surface area contributed by atoms with E-state index in [1.807, 2.05) is 44.9 Å². The zero-order valence-electron chi connectivity index (χ0n) is 13.3. The van der Waals surface area contributed by atoms with Crippen LogP contribution in [0, 0.1) is 0 Å². The van der Waals surface area contributed by atoms with E-state index in [-0.39, 0.29) is 12.1 Å². The van der Waals surface area contributed by atoms with Gasteiger partial charge < -0.3 is 15.0 Å². The number of anilines is 1. The second kappa shape index (κ2) is 6.33. The number of rotatable bonds is 2. The maximum Gasteiger partial charge on any atom is 0.410 e. The fourth-order valence-electron chi connectivity index (χ4n) is 2.69. The molecule has 2 heterocycles. The Bertz CT molecular complexity index is 497. The number of hydrogen-bond donors (Lipinski definition) is 1. The molecule has 5 heteroatoms.